The predicted molar refractivity (Wildman–Crippen MR) is 306 cm³/mol. The van der Waals surface area contributed by atoms with Crippen LogP contribution in [-0.4, -0.2) is 0 Å². The number of rotatable bonds is 6. The van der Waals surface area contributed by atoms with Gasteiger partial charge in [0.05, 0.1) is 11.4 Å². The standard InChI is InChI=1S/C68H58N2O2/c1-39-19-25-47(67(5,6)7)37-59(39)69(63-41(3)21-29-53-51-15-11-13-17-61(51)71-65(53)63)49-27-23-43-33-55-56-34-44-24-28-50(32-46(44)36-58(56)57(55)35-45(43)31-49)70(60-38-48(68(8,9)10)26-20-40(60)2)64-42(4)22-30-54-52-16-12-14-18-62(52)72-66(54)64/h11-38H,1-10H3. The van der Waals surface area contributed by atoms with Gasteiger partial charge in [0.15, 0.2) is 11.2 Å². The average Bonchev–Trinajstić information content (AvgIpc) is 3.93. The predicted octanol–water partition coefficient (Wildman–Crippen LogP) is 20.2. The summed E-state index contributed by atoms with van der Waals surface area (Å²) in [4.78, 5) is 4.90. The van der Waals surface area contributed by atoms with Crippen molar-refractivity contribution >= 4 is 99.5 Å². The first-order valence-electron chi connectivity index (χ1n) is 25.4. The van der Waals surface area contributed by atoms with E-state index in [9.17, 15) is 0 Å². The number of aryl methyl sites for hydroxylation is 4. The Hall–Kier alpha value is -8.08. The normalized spacial score (nSPS) is 12.6. The van der Waals surface area contributed by atoms with Crippen LogP contribution in [0.5, 0.6) is 0 Å². The zero-order valence-corrected chi connectivity index (χ0v) is 42.9. The Morgan fingerprint density at radius 2 is 0.708 bits per heavy atom. The molecule has 0 N–H and O–H groups in total. The number of hydrogen-bond acceptors (Lipinski definition) is 4. The van der Waals surface area contributed by atoms with E-state index in [4.69, 9.17) is 8.83 Å². The maximum Gasteiger partial charge on any atom is 0.159 e. The lowest BCUT2D eigenvalue weighted by Gasteiger charge is -2.31. The van der Waals surface area contributed by atoms with Gasteiger partial charge in [-0.2, -0.15) is 0 Å². The second-order valence-electron chi connectivity index (χ2n) is 22.4. The topological polar surface area (TPSA) is 32.8 Å². The fraction of sp³-hybridized carbons (Fsp3) is 0.176. The van der Waals surface area contributed by atoms with Crippen molar-refractivity contribution in [1.82, 2.24) is 0 Å². The molecule has 10 aromatic carbocycles. The SMILES string of the molecule is Cc1ccc(C(C)(C)C)cc1N(c1ccc2cc3c(cc2c1)-c1cc2cc(N(c4cc(C(C)(C)C)ccc4C)c4c(C)ccc5c4oc4ccccc45)ccc2cc1-3)c1c(C)ccc2c1oc1ccccc12. The van der Waals surface area contributed by atoms with E-state index in [0.29, 0.717) is 0 Å². The van der Waals surface area contributed by atoms with Crippen LogP contribution >= 0.6 is 0 Å². The highest BCUT2D eigenvalue weighted by molar-refractivity contribution is 6.15. The lowest BCUT2D eigenvalue weighted by atomic mass is 9.78. The Bertz CT molecular complexity index is 3970. The van der Waals surface area contributed by atoms with E-state index >= 15 is 0 Å². The molecule has 0 atom stereocenters. The zero-order valence-electron chi connectivity index (χ0n) is 42.9. The molecule has 4 heteroatoms. The van der Waals surface area contributed by atoms with Crippen LogP contribution in [0.1, 0.15) is 74.9 Å². The van der Waals surface area contributed by atoms with E-state index in [1.54, 1.807) is 0 Å². The molecular formula is C68H58N2O2. The lowest BCUT2D eigenvalue weighted by Crippen LogP contribution is -2.16. The van der Waals surface area contributed by atoms with Gasteiger partial charge in [-0.1, -0.05) is 139 Å². The summed E-state index contributed by atoms with van der Waals surface area (Å²) in [5.41, 5.74) is 22.6. The number of anilines is 6. The summed E-state index contributed by atoms with van der Waals surface area (Å²) in [6.07, 6.45) is 0. The molecule has 1 aliphatic rings. The molecule has 0 saturated heterocycles. The van der Waals surface area contributed by atoms with E-state index < -0.39 is 0 Å². The monoisotopic (exact) mass is 934 g/mol. The fourth-order valence-electron chi connectivity index (χ4n) is 11.4. The van der Waals surface area contributed by atoms with Crippen LogP contribution in [0.2, 0.25) is 0 Å². The number of hydrogen-bond donors (Lipinski definition) is 0. The molecule has 0 radical (unpaired) electrons. The van der Waals surface area contributed by atoms with Crippen molar-refractivity contribution in [3.63, 3.8) is 0 Å². The van der Waals surface area contributed by atoms with Gasteiger partial charge in [0.25, 0.3) is 0 Å². The van der Waals surface area contributed by atoms with Gasteiger partial charge in [-0.05, 0) is 189 Å². The molecule has 2 aromatic heterocycles. The van der Waals surface area contributed by atoms with Crippen molar-refractivity contribution in [2.45, 2.75) is 80.1 Å². The Balaban J connectivity index is 0.968. The Morgan fingerprint density at radius 1 is 0.333 bits per heavy atom. The van der Waals surface area contributed by atoms with Crippen LogP contribution in [0.4, 0.5) is 34.1 Å². The third-order valence-electron chi connectivity index (χ3n) is 15.5. The summed E-state index contributed by atoms with van der Waals surface area (Å²) < 4.78 is 13.6. The highest BCUT2D eigenvalue weighted by Gasteiger charge is 2.29. The smallest absolute Gasteiger partial charge is 0.159 e. The molecule has 12 aromatic rings. The van der Waals surface area contributed by atoms with Gasteiger partial charge in [-0.15, -0.1) is 0 Å². The van der Waals surface area contributed by atoms with E-state index in [0.717, 1.165) is 89.1 Å². The molecule has 4 nitrogen and oxygen atoms in total. The minimum Gasteiger partial charge on any atom is -0.454 e. The van der Waals surface area contributed by atoms with Gasteiger partial charge in [-0.25, -0.2) is 0 Å². The zero-order chi connectivity index (χ0) is 49.5. The van der Waals surface area contributed by atoms with Crippen LogP contribution in [0, 0.1) is 27.7 Å². The summed E-state index contributed by atoms with van der Waals surface area (Å²) in [7, 11) is 0. The summed E-state index contributed by atoms with van der Waals surface area (Å²) >= 11 is 0. The molecule has 0 unspecified atom stereocenters. The molecule has 352 valence electrons. The second-order valence-corrected chi connectivity index (χ2v) is 22.4. The van der Waals surface area contributed by atoms with Crippen molar-refractivity contribution in [2.75, 3.05) is 9.80 Å². The largest absolute Gasteiger partial charge is 0.454 e. The Labute approximate surface area is 421 Å². The first-order valence-corrected chi connectivity index (χ1v) is 25.4. The van der Waals surface area contributed by atoms with Crippen molar-refractivity contribution in [2.24, 2.45) is 0 Å². The summed E-state index contributed by atoms with van der Waals surface area (Å²) in [5.74, 6) is 0. The molecule has 72 heavy (non-hydrogen) atoms. The summed E-state index contributed by atoms with van der Waals surface area (Å²) in [6.45, 7) is 22.6. The Morgan fingerprint density at radius 3 is 1.11 bits per heavy atom. The van der Waals surface area contributed by atoms with Gasteiger partial charge in [-0.3, -0.25) is 0 Å². The van der Waals surface area contributed by atoms with E-state index in [1.807, 2.05) is 0 Å². The Kier molecular flexibility index (Phi) is 9.58. The van der Waals surface area contributed by atoms with E-state index in [1.165, 1.54) is 66.1 Å². The van der Waals surface area contributed by atoms with Gasteiger partial charge < -0.3 is 18.6 Å². The number of nitrogens with zero attached hydrogens (tertiary/aromatic N) is 2. The molecule has 0 aliphatic heterocycles. The molecular weight excluding hydrogens is 877 g/mol. The van der Waals surface area contributed by atoms with Crippen LogP contribution in [0.15, 0.2) is 179 Å². The fourth-order valence-corrected chi connectivity index (χ4v) is 11.4. The number of fused-ring (bicyclic) bond motifs is 12. The summed E-state index contributed by atoms with van der Waals surface area (Å²) in [5, 5.41) is 9.32. The molecule has 0 amide bonds. The first-order chi connectivity index (χ1) is 34.6. The van der Waals surface area contributed by atoms with Crippen LogP contribution in [0.3, 0.4) is 0 Å². The molecule has 0 saturated carbocycles. The number of benzene rings is 10. The van der Waals surface area contributed by atoms with Crippen LogP contribution in [0.25, 0.3) is 87.7 Å². The van der Waals surface area contributed by atoms with Gasteiger partial charge in [0.2, 0.25) is 0 Å². The minimum absolute atomic E-state index is 0.0331. The molecule has 0 bridgehead atoms. The maximum absolute atomic E-state index is 6.82. The molecule has 13 rings (SSSR count). The third kappa shape index (κ3) is 6.79. The molecule has 0 spiro atoms. The van der Waals surface area contributed by atoms with Gasteiger partial charge in [0, 0.05) is 44.3 Å². The lowest BCUT2D eigenvalue weighted by molar-refractivity contribution is 0.590. The highest BCUT2D eigenvalue weighted by Crippen LogP contribution is 2.53. The van der Waals surface area contributed by atoms with E-state index in [2.05, 4.69) is 249 Å². The minimum atomic E-state index is -0.0331. The summed E-state index contributed by atoms with van der Waals surface area (Å²) in [6, 6.07) is 63.1. The van der Waals surface area contributed by atoms with Crippen molar-refractivity contribution in [3.8, 4) is 22.3 Å². The molecule has 1 aliphatic carbocycles. The van der Waals surface area contributed by atoms with Crippen LogP contribution < -0.4 is 9.80 Å². The number of para-hydroxylation sites is 2. The molecule has 0 fully saturated rings. The second kappa shape index (κ2) is 15.7. The quantitative estimate of drug-likeness (QED) is 0.166. The van der Waals surface area contributed by atoms with E-state index in [-0.39, 0.29) is 10.8 Å². The van der Waals surface area contributed by atoms with Crippen LogP contribution in [-0.2, 0) is 10.8 Å². The average molecular weight is 935 g/mol. The van der Waals surface area contributed by atoms with Gasteiger partial charge >= 0.3 is 0 Å². The molecule has 2 heterocycles. The van der Waals surface area contributed by atoms with Crippen molar-refractivity contribution < 1.29 is 8.83 Å². The highest BCUT2D eigenvalue weighted by atomic mass is 16.3. The first kappa shape index (κ1) is 43.9. The van der Waals surface area contributed by atoms with Crippen molar-refractivity contribution in [3.05, 3.63) is 203 Å². The number of furan rings is 2. The third-order valence-corrected chi connectivity index (χ3v) is 15.5. The maximum atomic E-state index is 6.82. The van der Waals surface area contributed by atoms with Gasteiger partial charge in [0.1, 0.15) is 11.2 Å². The van der Waals surface area contributed by atoms with Crippen molar-refractivity contribution in [1.29, 1.82) is 0 Å².